The van der Waals surface area contributed by atoms with Gasteiger partial charge in [-0.2, -0.15) is 0 Å². The summed E-state index contributed by atoms with van der Waals surface area (Å²) in [6.45, 7) is 3.10. The minimum absolute atomic E-state index is 0.111. The van der Waals surface area contributed by atoms with E-state index in [0.29, 0.717) is 31.6 Å². The molecule has 2 rings (SSSR count). The Morgan fingerprint density at radius 1 is 1.50 bits per heavy atom. The van der Waals surface area contributed by atoms with Crippen molar-refractivity contribution < 1.29 is 14.7 Å². The predicted octanol–water partition coefficient (Wildman–Crippen LogP) is 1.36. The number of carbonyl (C=O) groups excluding carboxylic acids is 1. The number of carbonyl (C=O) groups is 1. The van der Waals surface area contributed by atoms with E-state index in [2.05, 4.69) is 10.5 Å². The Balaban J connectivity index is 2.03. The highest BCUT2D eigenvalue weighted by atomic mass is 16.5. The first-order valence-electron chi connectivity index (χ1n) is 6.60. The molecule has 1 amide bonds. The molecule has 1 aliphatic heterocycles. The van der Waals surface area contributed by atoms with Gasteiger partial charge in [0.2, 0.25) is 0 Å². The van der Waals surface area contributed by atoms with Crippen LogP contribution in [0.2, 0.25) is 0 Å². The zero-order chi connectivity index (χ0) is 14.5. The Labute approximate surface area is 117 Å². The van der Waals surface area contributed by atoms with E-state index in [4.69, 9.17) is 15.7 Å². The summed E-state index contributed by atoms with van der Waals surface area (Å²) in [5.74, 6) is -0.0446. The van der Waals surface area contributed by atoms with Crippen LogP contribution >= 0.6 is 0 Å². The van der Waals surface area contributed by atoms with Crippen LogP contribution in [-0.4, -0.2) is 23.0 Å². The van der Waals surface area contributed by atoms with Crippen molar-refractivity contribution in [2.45, 2.75) is 39.0 Å². The van der Waals surface area contributed by atoms with E-state index in [1.54, 1.807) is 6.07 Å². The third-order valence-corrected chi connectivity index (χ3v) is 3.40. The summed E-state index contributed by atoms with van der Waals surface area (Å²) in [6.07, 6.45) is 1.03. The first kappa shape index (κ1) is 14.3. The number of amidine groups is 1. The molecular weight excluding hydrogens is 258 g/mol. The van der Waals surface area contributed by atoms with E-state index < -0.39 is 0 Å². The minimum atomic E-state index is -0.155. The van der Waals surface area contributed by atoms with Gasteiger partial charge in [-0.15, -0.1) is 0 Å². The first-order chi connectivity index (χ1) is 9.63. The zero-order valence-electron chi connectivity index (χ0n) is 11.4. The van der Waals surface area contributed by atoms with Crippen LogP contribution in [0.1, 0.15) is 41.3 Å². The van der Waals surface area contributed by atoms with Gasteiger partial charge in [-0.1, -0.05) is 18.1 Å². The summed E-state index contributed by atoms with van der Waals surface area (Å²) < 4.78 is 5.33. The zero-order valence-corrected chi connectivity index (χ0v) is 11.4. The summed E-state index contributed by atoms with van der Waals surface area (Å²) in [7, 11) is 0. The van der Waals surface area contributed by atoms with Crippen molar-refractivity contribution in [2.24, 2.45) is 10.9 Å². The van der Waals surface area contributed by atoms with Gasteiger partial charge in [-0.3, -0.25) is 4.79 Å². The molecule has 0 saturated heterocycles. The molecule has 0 bridgehead atoms. The van der Waals surface area contributed by atoms with Crippen LogP contribution in [0.4, 0.5) is 0 Å². The van der Waals surface area contributed by atoms with Crippen LogP contribution in [0, 0.1) is 0 Å². The smallest absolute Gasteiger partial charge is 0.251 e. The molecule has 6 nitrogen and oxygen atoms in total. The number of hydrogen-bond acceptors (Lipinski definition) is 4. The lowest BCUT2D eigenvalue weighted by Gasteiger charge is -2.16. The normalized spacial score (nSPS) is 15.8. The van der Waals surface area contributed by atoms with Crippen LogP contribution in [0.5, 0.6) is 0 Å². The maximum Gasteiger partial charge on any atom is 0.251 e. The van der Waals surface area contributed by atoms with Crippen molar-refractivity contribution in [3.05, 3.63) is 34.9 Å². The molecule has 1 heterocycles. The number of fused-ring (bicyclic) bond motifs is 1. The van der Waals surface area contributed by atoms with Gasteiger partial charge in [-0.25, -0.2) is 0 Å². The van der Waals surface area contributed by atoms with Crippen molar-refractivity contribution in [3.63, 3.8) is 0 Å². The van der Waals surface area contributed by atoms with Crippen LogP contribution < -0.4 is 11.1 Å². The van der Waals surface area contributed by atoms with E-state index in [1.807, 2.05) is 19.1 Å². The van der Waals surface area contributed by atoms with Crippen molar-refractivity contribution in [1.29, 1.82) is 0 Å². The highest BCUT2D eigenvalue weighted by molar-refractivity contribution is 5.95. The number of hydrogen-bond donors (Lipinski definition) is 3. The van der Waals surface area contributed by atoms with Crippen LogP contribution in [0.25, 0.3) is 0 Å². The van der Waals surface area contributed by atoms with Crippen LogP contribution in [0.15, 0.2) is 23.4 Å². The van der Waals surface area contributed by atoms with Crippen molar-refractivity contribution >= 4 is 11.7 Å². The molecule has 0 saturated carbocycles. The minimum Gasteiger partial charge on any atom is -0.409 e. The topological polar surface area (TPSA) is 96.9 Å². The van der Waals surface area contributed by atoms with E-state index in [1.165, 1.54) is 0 Å². The van der Waals surface area contributed by atoms with Crippen molar-refractivity contribution in [1.82, 2.24) is 5.32 Å². The summed E-state index contributed by atoms with van der Waals surface area (Å²) in [4.78, 5) is 12.2. The summed E-state index contributed by atoms with van der Waals surface area (Å²) in [5, 5.41) is 14.4. The van der Waals surface area contributed by atoms with E-state index in [9.17, 15) is 4.79 Å². The second-order valence-corrected chi connectivity index (χ2v) is 4.85. The fourth-order valence-electron chi connectivity index (χ4n) is 2.17. The number of nitrogens with zero attached hydrogens (tertiary/aromatic N) is 1. The van der Waals surface area contributed by atoms with Crippen molar-refractivity contribution in [3.8, 4) is 0 Å². The molecular formula is C14H19N3O3. The van der Waals surface area contributed by atoms with Gasteiger partial charge in [-0.05, 0) is 29.7 Å². The molecule has 4 N–H and O–H groups in total. The summed E-state index contributed by atoms with van der Waals surface area (Å²) in [5.41, 5.74) is 8.26. The largest absolute Gasteiger partial charge is 0.409 e. The maximum atomic E-state index is 12.2. The second kappa shape index (κ2) is 6.38. The molecule has 1 aromatic rings. The molecule has 108 valence electrons. The van der Waals surface area contributed by atoms with E-state index >= 15 is 0 Å². The predicted molar refractivity (Wildman–Crippen MR) is 74.5 cm³/mol. The number of amides is 1. The second-order valence-electron chi connectivity index (χ2n) is 4.85. The lowest BCUT2D eigenvalue weighted by molar-refractivity contribution is 0.0936. The Morgan fingerprint density at radius 3 is 2.95 bits per heavy atom. The molecule has 1 atom stereocenters. The van der Waals surface area contributed by atoms with Gasteiger partial charge in [0.1, 0.15) is 5.84 Å². The Morgan fingerprint density at radius 2 is 2.25 bits per heavy atom. The number of rotatable bonds is 5. The number of benzene rings is 1. The summed E-state index contributed by atoms with van der Waals surface area (Å²) in [6, 6.07) is 5.41. The van der Waals surface area contributed by atoms with Gasteiger partial charge >= 0.3 is 0 Å². The fourth-order valence-corrected chi connectivity index (χ4v) is 2.17. The fraction of sp³-hybridized carbons (Fsp3) is 0.429. The molecule has 20 heavy (non-hydrogen) atoms. The highest BCUT2D eigenvalue weighted by Gasteiger charge is 2.17. The average molecular weight is 277 g/mol. The third-order valence-electron chi connectivity index (χ3n) is 3.40. The SMILES string of the molecule is CCC(CC(N)=NO)NC(=O)c1ccc2c(c1)COC2. The quantitative estimate of drug-likeness (QED) is 0.327. The van der Waals surface area contributed by atoms with Crippen LogP contribution in [-0.2, 0) is 18.0 Å². The molecule has 0 radical (unpaired) electrons. The number of ether oxygens (including phenoxy) is 1. The molecule has 0 aromatic heterocycles. The van der Waals surface area contributed by atoms with Gasteiger partial charge in [0, 0.05) is 18.0 Å². The molecule has 0 spiro atoms. The molecule has 6 heteroatoms. The lowest BCUT2D eigenvalue weighted by atomic mass is 10.0. The molecule has 1 aromatic carbocycles. The number of nitrogens with two attached hydrogens (primary N) is 1. The van der Waals surface area contributed by atoms with Crippen molar-refractivity contribution in [2.75, 3.05) is 0 Å². The van der Waals surface area contributed by atoms with E-state index in [0.717, 1.165) is 11.1 Å². The van der Waals surface area contributed by atoms with Crippen LogP contribution in [0.3, 0.4) is 0 Å². The molecule has 0 fully saturated rings. The number of nitrogens with one attached hydrogen (secondary N) is 1. The molecule has 1 aliphatic rings. The number of oxime groups is 1. The Hall–Kier alpha value is -2.08. The van der Waals surface area contributed by atoms with Gasteiger partial charge in [0.25, 0.3) is 5.91 Å². The standard InChI is InChI=1S/C14H19N3O3/c1-2-12(6-13(15)17-19)16-14(18)9-3-4-10-7-20-8-11(10)5-9/h3-5,12,19H,2,6-8H2,1H3,(H2,15,17)(H,16,18). The highest BCUT2D eigenvalue weighted by Crippen LogP contribution is 2.20. The Kier molecular flexibility index (Phi) is 4.57. The average Bonchev–Trinajstić information content (AvgIpc) is 2.93. The molecule has 1 unspecified atom stereocenters. The summed E-state index contributed by atoms with van der Waals surface area (Å²) >= 11 is 0. The van der Waals surface area contributed by atoms with Gasteiger partial charge < -0.3 is 21.0 Å². The van der Waals surface area contributed by atoms with E-state index in [-0.39, 0.29) is 17.8 Å². The maximum absolute atomic E-state index is 12.2. The monoisotopic (exact) mass is 277 g/mol. The third kappa shape index (κ3) is 3.27. The Bertz CT molecular complexity index is 528. The lowest BCUT2D eigenvalue weighted by Crippen LogP contribution is -2.37. The van der Waals surface area contributed by atoms with Gasteiger partial charge in [0.15, 0.2) is 0 Å². The first-order valence-corrected chi connectivity index (χ1v) is 6.60. The molecule has 0 aliphatic carbocycles. The van der Waals surface area contributed by atoms with Gasteiger partial charge in [0.05, 0.1) is 13.2 Å².